The lowest BCUT2D eigenvalue weighted by atomic mass is 10.1. The number of esters is 2. The summed E-state index contributed by atoms with van der Waals surface area (Å²) in [5.74, 6) is -1.76. The molecule has 0 unspecified atom stereocenters. The van der Waals surface area contributed by atoms with Gasteiger partial charge in [-0.05, 0) is 76.3 Å². The summed E-state index contributed by atoms with van der Waals surface area (Å²) in [6, 6.07) is 3.75. The van der Waals surface area contributed by atoms with Crippen LogP contribution in [-0.4, -0.2) is 38.1 Å². The largest absolute Gasteiger partial charge is 0.462 e. The van der Waals surface area contributed by atoms with Gasteiger partial charge in [0.25, 0.3) is 10.1 Å². The molecule has 58 heavy (non-hydrogen) atoms. The van der Waals surface area contributed by atoms with E-state index in [-0.39, 0.29) is 18.8 Å². The highest BCUT2D eigenvalue weighted by Crippen LogP contribution is 2.23. The Bertz CT molecular complexity index is 1300. The molecular weight excluding hydrogens is 745 g/mol. The van der Waals surface area contributed by atoms with Crippen LogP contribution in [0.5, 0.6) is 0 Å². The molecule has 0 heterocycles. The van der Waals surface area contributed by atoms with Crippen LogP contribution in [0.15, 0.2) is 47.4 Å². The van der Waals surface area contributed by atoms with Gasteiger partial charge in [-0.1, -0.05) is 198 Å². The first kappa shape index (κ1) is 53.6. The maximum Gasteiger partial charge on any atom is 0.340 e. The van der Waals surface area contributed by atoms with Gasteiger partial charge in [-0.2, -0.15) is 8.42 Å². The van der Waals surface area contributed by atoms with E-state index >= 15 is 0 Å². The first-order chi connectivity index (χ1) is 28.3. The summed E-state index contributed by atoms with van der Waals surface area (Å²) < 4.78 is 44.9. The highest BCUT2D eigenvalue weighted by atomic mass is 32.2. The summed E-state index contributed by atoms with van der Waals surface area (Å²) in [5, 5.41) is 0. The minimum Gasteiger partial charge on any atom is -0.462 e. The van der Waals surface area contributed by atoms with Crippen molar-refractivity contribution in [2.75, 3.05) is 13.2 Å². The fourth-order valence-electron chi connectivity index (χ4n) is 7.37. The fourth-order valence-corrected chi connectivity index (χ4v) is 8.07. The molecule has 334 valence electrons. The molecule has 1 N–H and O–H groups in total. The third-order valence-electron chi connectivity index (χ3n) is 11.0. The van der Waals surface area contributed by atoms with Crippen molar-refractivity contribution in [1.29, 1.82) is 0 Å². The van der Waals surface area contributed by atoms with Crippen molar-refractivity contribution in [2.45, 2.75) is 237 Å². The third-order valence-corrected chi connectivity index (χ3v) is 11.9. The molecule has 0 saturated carbocycles. The smallest absolute Gasteiger partial charge is 0.340 e. The Labute approximate surface area is 356 Å². The van der Waals surface area contributed by atoms with Crippen LogP contribution >= 0.6 is 0 Å². The van der Waals surface area contributed by atoms with E-state index in [2.05, 4.69) is 38.2 Å². The second kappa shape index (κ2) is 38.7. The molecule has 1 aromatic carbocycles. The van der Waals surface area contributed by atoms with Crippen LogP contribution in [0.4, 0.5) is 0 Å². The lowest BCUT2D eigenvalue weighted by molar-refractivity contribution is 0.0446. The Morgan fingerprint density at radius 3 is 1.12 bits per heavy atom. The number of allylic oxidation sites excluding steroid dienone is 4. The van der Waals surface area contributed by atoms with E-state index in [4.69, 9.17) is 9.47 Å². The SMILES string of the molecule is CCCCCCCCCCCCC/C=C/CCCCCCOC(=O)c1cccc(S(=O)(=O)O)c1C(=O)OCCCCCC/C=C/CCCCCCCCCCCCC. The lowest BCUT2D eigenvalue weighted by Gasteiger charge is -2.13. The van der Waals surface area contributed by atoms with Crippen molar-refractivity contribution in [2.24, 2.45) is 0 Å². The normalized spacial score (nSPS) is 11.9. The average Bonchev–Trinajstić information content (AvgIpc) is 3.21. The van der Waals surface area contributed by atoms with Crippen molar-refractivity contribution in [1.82, 2.24) is 0 Å². The molecule has 0 aliphatic carbocycles. The molecule has 0 amide bonds. The summed E-state index contributed by atoms with van der Waals surface area (Å²) in [7, 11) is -4.77. The first-order valence-corrected chi connectivity index (χ1v) is 25.5. The Hall–Kier alpha value is -2.45. The molecule has 0 aromatic heterocycles. The van der Waals surface area contributed by atoms with Crippen LogP contribution in [-0.2, 0) is 19.6 Å². The molecule has 1 aromatic rings. The standard InChI is InChI=1S/C50H86O7S/c1-3-5-7-9-11-13-15-17-19-21-23-25-27-29-31-33-35-37-39-44-56-49(51)46-42-41-43-47(58(53,54)55)48(46)50(52)57-45-40-38-36-34-32-30-28-26-24-22-20-18-16-14-12-10-8-6-4-2/h27-30,41-43H,3-26,31-40,44-45H2,1-2H3,(H,53,54,55)/b29-27+,30-28+. The van der Waals surface area contributed by atoms with E-state index in [0.29, 0.717) is 12.8 Å². The summed E-state index contributed by atoms with van der Waals surface area (Å²) >= 11 is 0. The number of ether oxygens (including phenoxy) is 2. The van der Waals surface area contributed by atoms with Crippen molar-refractivity contribution < 1.29 is 32.0 Å². The molecule has 0 bridgehead atoms. The minimum absolute atomic E-state index is 0.0936. The van der Waals surface area contributed by atoms with E-state index in [9.17, 15) is 22.6 Å². The maximum atomic E-state index is 13.1. The van der Waals surface area contributed by atoms with Crippen molar-refractivity contribution >= 4 is 22.1 Å². The molecule has 0 aliphatic rings. The van der Waals surface area contributed by atoms with Gasteiger partial charge in [0.2, 0.25) is 0 Å². The number of rotatable bonds is 41. The molecule has 0 radical (unpaired) electrons. The summed E-state index contributed by atoms with van der Waals surface area (Å²) in [6.45, 7) is 4.79. The fraction of sp³-hybridized carbons (Fsp3) is 0.760. The highest BCUT2D eigenvalue weighted by molar-refractivity contribution is 7.86. The molecule has 1 rings (SSSR count). The van der Waals surface area contributed by atoms with E-state index in [1.54, 1.807) is 0 Å². The molecule has 0 saturated heterocycles. The van der Waals surface area contributed by atoms with Crippen molar-refractivity contribution in [3.63, 3.8) is 0 Å². The van der Waals surface area contributed by atoms with Gasteiger partial charge in [0.1, 0.15) is 4.90 Å². The molecule has 0 spiro atoms. The number of unbranched alkanes of at least 4 members (excludes halogenated alkanes) is 30. The molecular formula is C50H86O7S. The topological polar surface area (TPSA) is 107 Å². The Morgan fingerprint density at radius 1 is 0.466 bits per heavy atom. The number of benzene rings is 1. The molecule has 0 fully saturated rings. The van der Waals surface area contributed by atoms with Gasteiger partial charge < -0.3 is 9.47 Å². The van der Waals surface area contributed by atoms with Gasteiger partial charge in [0.05, 0.1) is 24.3 Å². The zero-order chi connectivity index (χ0) is 42.2. The predicted octanol–water partition coefficient (Wildman–Crippen LogP) is 15.7. The number of carbonyl (C=O) groups is 2. The molecule has 0 atom stereocenters. The average molecular weight is 831 g/mol. The quantitative estimate of drug-likeness (QED) is 0.0303. The number of hydrogen-bond acceptors (Lipinski definition) is 6. The van der Waals surface area contributed by atoms with Crippen molar-refractivity contribution in [3.05, 3.63) is 53.6 Å². The summed E-state index contributed by atoms with van der Waals surface area (Å²) in [5.41, 5.74) is -0.694. The van der Waals surface area contributed by atoms with E-state index in [1.165, 1.54) is 153 Å². The minimum atomic E-state index is -4.77. The van der Waals surface area contributed by atoms with Crippen LogP contribution in [0.3, 0.4) is 0 Å². The summed E-state index contributed by atoms with van der Waals surface area (Å²) in [4.78, 5) is 25.4. The monoisotopic (exact) mass is 831 g/mol. The molecule has 0 aliphatic heterocycles. The van der Waals surface area contributed by atoms with Gasteiger partial charge in [-0.15, -0.1) is 0 Å². The molecule has 7 nitrogen and oxygen atoms in total. The summed E-state index contributed by atoms with van der Waals surface area (Å²) in [6.07, 6.45) is 50.7. The van der Waals surface area contributed by atoms with Crippen LogP contribution in [0.2, 0.25) is 0 Å². The second-order valence-electron chi connectivity index (χ2n) is 16.4. The zero-order valence-corrected chi connectivity index (χ0v) is 38.1. The Morgan fingerprint density at radius 2 is 0.776 bits per heavy atom. The molecule has 8 heteroatoms. The zero-order valence-electron chi connectivity index (χ0n) is 37.3. The van der Waals surface area contributed by atoms with Gasteiger partial charge in [0, 0.05) is 0 Å². The van der Waals surface area contributed by atoms with Gasteiger partial charge in [0.15, 0.2) is 0 Å². The van der Waals surface area contributed by atoms with Gasteiger partial charge in [-0.25, -0.2) is 9.59 Å². The van der Waals surface area contributed by atoms with E-state index in [1.807, 2.05) is 0 Å². The number of carbonyl (C=O) groups excluding carboxylic acids is 2. The maximum absolute atomic E-state index is 13.1. The lowest BCUT2D eigenvalue weighted by Crippen LogP contribution is -2.19. The third kappa shape index (κ3) is 30.6. The Balaban J connectivity index is 2.21. The highest BCUT2D eigenvalue weighted by Gasteiger charge is 2.28. The van der Waals surface area contributed by atoms with Gasteiger partial charge >= 0.3 is 11.9 Å². The van der Waals surface area contributed by atoms with Crippen LogP contribution in [0.25, 0.3) is 0 Å². The van der Waals surface area contributed by atoms with Crippen molar-refractivity contribution in [3.8, 4) is 0 Å². The van der Waals surface area contributed by atoms with Crippen LogP contribution < -0.4 is 0 Å². The van der Waals surface area contributed by atoms with Crippen LogP contribution in [0.1, 0.15) is 253 Å². The second-order valence-corrected chi connectivity index (χ2v) is 17.8. The van der Waals surface area contributed by atoms with E-state index < -0.39 is 32.5 Å². The van der Waals surface area contributed by atoms with Gasteiger partial charge in [-0.3, -0.25) is 4.55 Å². The predicted molar refractivity (Wildman–Crippen MR) is 243 cm³/mol. The first-order valence-electron chi connectivity index (χ1n) is 24.1. The van der Waals surface area contributed by atoms with E-state index in [0.717, 1.165) is 70.3 Å². The Kier molecular flexibility index (Phi) is 35.8. The van der Waals surface area contributed by atoms with Crippen LogP contribution in [0, 0.1) is 0 Å². The number of hydrogen-bond donors (Lipinski definition) is 1.